The van der Waals surface area contributed by atoms with Gasteiger partial charge in [0.05, 0.1) is 11.3 Å². The molecule has 0 aliphatic rings. The third-order valence-electron chi connectivity index (χ3n) is 5.88. The van der Waals surface area contributed by atoms with Crippen LogP contribution in [0.4, 0.5) is 10.1 Å². The maximum absolute atomic E-state index is 13.8. The van der Waals surface area contributed by atoms with E-state index < -0.39 is 0 Å². The number of para-hydroxylation sites is 1. The topological polar surface area (TPSA) is 60.0 Å². The summed E-state index contributed by atoms with van der Waals surface area (Å²) in [5.41, 5.74) is 11.8. The van der Waals surface area contributed by atoms with E-state index >= 15 is 0 Å². The van der Waals surface area contributed by atoms with Crippen LogP contribution in [0.3, 0.4) is 0 Å². The van der Waals surface area contributed by atoms with Crippen LogP contribution in [0.2, 0.25) is 0 Å². The number of nitrogens with one attached hydrogen (secondary N) is 1. The van der Waals surface area contributed by atoms with Crippen LogP contribution < -0.4 is 11.1 Å². The summed E-state index contributed by atoms with van der Waals surface area (Å²) in [4.78, 5) is 13.8. The first-order valence-electron chi connectivity index (χ1n) is 11.7. The molecule has 0 atom stereocenters. The van der Waals surface area contributed by atoms with Gasteiger partial charge in [0.15, 0.2) is 0 Å². The fraction of sp³-hybridized carbons (Fsp3) is 0.207. The molecule has 3 aromatic carbocycles. The predicted molar refractivity (Wildman–Crippen MR) is 137 cm³/mol. The molecule has 4 aromatic rings. The number of aromatic nitrogens is 1. The zero-order chi connectivity index (χ0) is 24.1. The van der Waals surface area contributed by atoms with Crippen molar-refractivity contribution in [1.82, 2.24) is 4.57 Å². The van der Waals surface area contributed by atoms with Gasteiger partial charge in [0.1, 0.15) is 5.82 Å². The van der Waals surface area contributed by atoms with Gasteiger partial charge in [-0.2, -0.15) is 0 Å². The standard InChI is InChI=1S/C29H30FN3O/c1-20(2)27-26(29(34)32-24-12-7-4-8-13-24)25(21-10-5-3-6-11-21)28(33(27)19-9-18-31)22-14-16-23(30)17-15-22/h3-8,10-17,20H,9,18-19,31H2,1-2H3,(H,32,34). The average molecular weight is 456 g/mol. The van der Waals surface area contributed by atoms with Crippen molar-refractivity contribution < 1.29 is 9.18 Å². The van der Waals surface area contributed by atoms with Crippen molar-refractivity contribution in [2.45, 2.75) is 32.7 Å². The molecule has 1 amide bonds. The number of amides is 1. The largest absolute Gasteiger partial charge is 0.343 e. The molecule has 0 spiro atoms. The number of nitrogens with two attached hydrogens (primary N) is 1. The van der Waals surface area contributed by atoms with Crippen molar-refractivity contribution in [3.05, 3.63) is 102 Å². The molecular weight excluding hydrogens is 425 g/mol. The van der Waals surface area contributed by atoms with E-state index in [1.807, 2.05) is 60.7 Å². The Hall–Kier alpha value is -3.70. The van der Waals surface area contributed by atoms with E-state index in [9.17, 15) is 9.18 Å². The quantitative estimate of drug-likeness (QED) is 0.311. The summed E-state index contributed by atoms with van der Waals surface area (Å²) in [6, 6.07) is 25.9. The molecule has 0 saturated heterocycles. The molecular formula is C29H30FN3O. The van der Waals surface area contributed by atoms with Crippen LogP contribution in [0.25, 0.3) is 22.4 Å². The van der Waals surface area contributed by atoms with E-state index in [2.05, 4.69) is 23.7 Å². The lowest BCUT2D eigenvalue weighted by atomic mass is 9.94. The number of carbonyl (C=O) groups is 1. The molecule has 0 radical (unpaired) electrons. The minimum Gasteiger partial charge on any atom is -0.343 e. The second kappa shape index (κ2) is 10.5. The van der Waals surface area contributed by atoms with Gasteiger partial charge < -0.3 is 15.6 Å². The first-order valence-corrected chi connectivity index (χ1v) is 11.7. The second-order valence-electron chi connectivity index (χ2n) is 8.63. The maximum atomic E-state index is 13.8. The average Bonchev–Trinajstić information content (AvgIpc) is 3.20. The third kappa shape index (κ3) is 4.80. The first-order chi connectivity index (χ1) is 16.5. The Morgan fingerprint density at radius 3 is 2.12 bits per heavy atom. The lowest BCUT2D eigenvalue weighted by Gasteiger charge is -2.17. The van der Waals surface area contributed by atoms with Gasteiger partial charge in [-0.3, -0.25) is 4.79 Å². The number of anilines is 1. The van der Waals surface area contributed by atoms with Crippen molar-refractivity contribution in [2.75, 3.05) is 11.9 Å². The summed E-state index contributed by atoms with van der Waals surface area (Å²) in [7, 11) is 0. The van der Waals surface area contributed by atoms with E-state index in [4.69, 9.17) is 5.73 Å². The zero-order valence-corrected chi connectivity index (χ0v) is 19.6. The molecule has 3 N–H and O–H groups in total. The van der Waals surface area contributed by atoms with Crippen molar-refractivity contribution in [2.24, 2.45) is 5.73 Å². The number of hydrogen-bond acceptors (Lipinski definition) is 2. The van der Waals surface area contributed by atoms with Gasteiger partial charge in [-0.25, -0.2) is 4.39 Å². The Labute approximate surface area is 200 Å². The zero-order valence-electron chi connectivity index (χ0n) is 19.6. The minimum absolute atomic E-state index is 0.0750. The fourth-order valence-corrected chi connectivity index (χ4v) is 4.46. The smallest absolute Gasteiger partial charge is 0.258 e. The summed E-state index contributed by atoms with van der Waals surface area (Å²) in [5, 5.41) is 3.08. The van der Waals surface area contributed by atoms with Gasteiger partial charge in [-0.1, -0.05) is 62.4 Å². The van der Waals surface area contributed by atoms with Gasteiger partial charge in [-0.15, -0.1) is 0 Å². The summed E-state index contributed by atoms with van der Waals surface area (Å²) >= 11 is 0. The van der Waals surface area contributed by atoms with Gasteiger partial charge in [-0.05, 0) is 66.4 Å². The van der Waals surface area contributed by atoms with E-state index in [1.165, 1.54) is 12.1 Å². The van der Waals surface area contributed by atoms with Crippen LogP contribution in [-0.4, -0.2) is 17.0 Å². The molecule has 0 aliphatic heterocycles. The Morgan fingerprint density at radius 2 is 1.53 bits per heavy atom. The Kier molecular flexibility index (Phi) is 7.24. The molecule has 1 aromatic heterocycles. The number of nitrogens with zero attached hydrogens (tertiary/aromatic N) is 1. The molecule has 34 heavy (non-hydrogen) atoms. The summed E-state index contributed by atoms with van der Waals surface area (Å²) < 4.78 is 16.0. The lowest BCUT2D eigenvalue weighted by Crippen LogP contribution is -2.17. The number of hydrogen-bond donors (Lipinski definition) is 2. The molecule has 174 valence electrons. The third-order valence-corrected chi connectivity index (χ3v) is 5.88. The molecule has 1 heterocycles. The molecule has 0 saturated carbocycles. The van der Waals surface area contributed by atoms with E-state index in [0.29, 0.717) is 18.7 Å². The van der Waals surface area contributed by atoms with Crippen LogP contribution in [0, 0.1) is 5.82 Å². The Bertz CT molecular complexity index is 1250. The van der Waals surface area contributed by atoms with Crippen molar-refractivity contribution >= 4 is 11.6 Å². The molecule has 4 nitrogen and oxygen atoms in total. The highest BCUT2D eigenvalue weighted by atomic mass is 19.1. The number of carbonyl (C=O) groups excluding carboxylic acids is 1. The molecule has 4 rings (SSSR count). The van der Waals surface area contributed by atoms with Crippen molar-refractivity contribution in [3.8, 4) is 22.4 Å². The van der Waals surface area contributed by atoms with E-state index in [1.54, 1.807) is 12.1 Å². The van der Waals surface area contributed by atoms with Crippen molar-refractivity contribution in [1.29, 1.82) is 0 Å². The lowest BCUT2D eigenvalue weighted by molar-refractivity contribution is 0.102. The number of rotatable bonds is 8. The van der Waals surface area contributed by atoms with Gasteiger partial charge in [0.25, 0.3) is 5.91 Å². The number of halogens is 1. The molecule has 5 heteroatoms. The van der Waals surface area contributed by atoms with Crippen LogP contribution in [0.5, 0.6) is 0 Å². The molecule has 0 fully saturated rings. The van der Waals surface area contributed by atoms with Crippen molar-refractivity contribution in [3.63, 3.8) is 0 Å². The molecule has 0 aliphatic carbocycles. The first kappa shape index (κ1) is 23.5. The Morgan fingerprint density at radius 1 is 0.912 bits per heavy atom. The highest BCUT2D eigenvalue weighted by molar-refractivity contribution is 6.12. The van der Waals surface area contributed by atoms with E-state index in [-0.39, 0.29) is 17.6 Å². The SMILES string of the molecule is CC(C)c1c(C(=O)Nc2ccccc2)c(-c2ccccc2)c(-c2ccc(F)cc2)n1CCCN. The monoisotopic (exact) mass is 455 g/mol. The van der Waals surface area contributed by atoms with Gasteiger partial charge >= 0.3 is 0 Å². The normalized spacial score (nSPS) is 11.1. The summed E-state index contributed by atoms with van der Waals surface area (Å²) in [6.07, 6.45) is 0.760. The minimum atomic E-state index is -0.295. The highest BCUT2D eigenvalue weighted by Gasteiger charge is 2.30. The fourth-order valence-electron chi connectivity index (χ4n) is 4.46. The van der Waals surface area contributed by atoms with Crippen LogP contribution in [0.15, 0.2) is 84.9 Å². The van der Waals surface area contributed by atoms with E-state index in [0.717, 1.165) is 40.2 Å². The maximum Gasteiger partial charge on any atom is 0.258 e. The molecule has 0 unspecified atom stereocenters. The van der Waals surface area contributed by atoms with Crippen LogP contribution >= 0.6 is 0 Å². The van der Waals surface area contributed by atoms with Crippen LogP contribution in [0.1, 0.15) is 42.2 Å². The predicted octanol–water partition coefficient (Wildman–Crippen LogP) is 6.69. The summed E-state index contributed by atoms with van der Waals surface area (Å²) in [5.74, 6) is -0.384. The van der Waals surface area contributed by atoms with Gasteiger partial charge in [0.2, 0.25) is 0 Å². The number of benzene rings is 3. The van der Waals surface area contributed by atoms with Crippen LogP contribution in [-0.2, 0) is 6.54 Å². The second-order valence-corrected chi connectivity index (χ2v) is 8.63. The highest BCUT2D eigenvalue weighted by Crippen LogP contribution is 2.42. The summed E-state index contributed by atoms with van der Waals surface area (Å²) in [6.45, 7) is 5.38. The van der Waals surface area contributed by atoms with Gasteiger partial charge in [0, 0.05) is 23.5 Å². The Balaban J connectivity index is 2.03. The molecule has 0 bridgehead atoms.